The second kappa shape index (κ2) is 9.74. The molecule has 2 heterocycles. The van der Waals surface area contributed by atoms with Crippen molar-refractivity contribution in [2.75, 3.05) is 20.0 Å². The van der Waals surface area contributed by atoms with Gasteiger partial charge in [0.15, 0.2) is 15.7 Å². The van der Waals surface area contributed by atoms with Gasteiger partial charge in [-0.2, -0.15) is 0 Å². The van der Waals surface area contributed by atoms with E-state index in [2.05, 4.69) is 15.0 Å². The summed E-state index contributed by atoms with van der Waals surface area (Å²) in [5.74, 6) is 2.44. The molecule has 0 spiro atoms. The first-order valence-electron chi connectivity index (χ1n) is 10.7. The average Bonchev–Trinajstić information content (AvgIpc) is 3.43. The van der Waals surface area contributed by atoms with Crippen molar-refractivity contribution in [3.05, 3.63) is 66.5 Å². The number of aryl methyl sites for hydroxylation is 1. The van der Waals surface area contributed by atoms with Gasteiger partial charge in [0.2, 0.25) is 0 Å². The van der Waals surface area contributed by atoms with Crippen molar-refractivity contribution in [1.82, 2.24) is 15.0 Å². The minimum absolute atomic E-state index is 0.160. The van der Waals surface area contributed by atoms with Crippen LogP contribution >= 0.6 is 0 Å². The van der Waals surface area contributed by atoms with Crippen LogP contribution in [-0.2, 0) is 14.6 Å². The van der Waals surface area contributed by atoms with E-state index in [9.17, 15) is 8.42 Å². The Kier molecular flexibility index (Phi) is 6.76. The maximum atomic E-state index is 11.7. The summed E-state index contributed by atoms with van der Waals surface area (Å²) in [5.41, 5.74) is 3.57. The summed E-state index contributed by atoms with van der Waals surface area (Å²) < 4.78 is 40.7. The molecule has 1 atom stereocenters. The largest absolute Gasteiger partial charge is 0.488 e. The second-order valence-electron chi connectivity index (χ2n) is 8.12. The molecule has 0 aliphatic carbocycles. The first kappa shape index (κ1) is 23.6. The summed E-state index contributed by atoms with van der Waals surface area (Å²) in [6, 6.07) is 15.8. The van der Waals surface area contributed by atoms with Gasteiger partial charge in [-0.05, 0) is 62.4 Å². The predicted molar refractivity (Wildman–Crippen MR) is 130 cm³/mol. The number of benzene rings is 2. The summed E-state index contributed by atoms with van der Waals surface area (Å²) in [4.78, 5) is 11.2. The Morgan fingerprint density at radius 2 is 1.65 bits per heavy atom. The molecule has 0 aliphatic rings. The first-order valence-corrected chi connectivity index (χ1v) is 12.6. The standard InChI is InChI=1S/C25H27N3O5S/c1-16-14-26-25(27-16)24-10-9-23(28-24)18-11-20(32-17(2)15-31-3)13-21(12-18)33-19-5-7-22(8-6-19)34(4,29)30/h5-14,17,28H,15H2,1-4H3,(H,26,27)/t17-/m0/s1. The number of aromatic nitrogens is 3. The molecule has 34 heavy (non-hydrogen) atoms. The number of hydrogen-bond acceptors (Lipinski definition) is 6. The Bertz CT molecular complexity index is 1370. The van der Waals surface area contributed by atoms with Crippen LogP contribution in [-0.4, -0.2) is 49.4 Å². The van der Waals surface area contributed by atoms with Crippen LogP contribution in [0.2, 0.25) is 0 Å². The molecule has 4 rings (SSSR count). The van der Waals surface area contributed by atoms with Gasteiger partial charge in [0.05, 0.1) is 17.2 Å². The zero-order chi connectivity index (χ0) is 24.3. The number of ether oxygens (including phenoxy) is 3. The molecule has 2 N–H and O–H groups in total. The van der Waals surface area contributed by atoms with E-state index in [4.69, 9.17) is 14.2 Å². The van der Waals surface area contributed by atoms with E-state index in [0.717, 1.165) is 28.5 Å². The Morgan fingerprint density at radius 3 is 2.29 bits per heavy atom. The van der Waals surface area contributed by atoms with Gasteiger partial charge < -0.3 is 24.2 Å². The third-order valence-corrected chi connectivity index (χ3v) is 6.19. The molecule has 0 amide bonds. The van der Waals surface area contributed by atoms with Crippen molar-refractivity contribution in [1.29, 1.82) is 0 Å². The van der Waals surface area contributed by atoms with E-state index in [1.165, 1.54) is 18.4 Å². The number of methoxy groups -OCH3 is 1. The molecule has 0 aliphatic heterocycles. The zero-order valence-corrected chi connectivity index (χ0v) is 20.3. The van der Waals surface area contributed by atoms with Crippen molar-refractivity contribution in [3.8, 4) is 40.0 Å². The highest BCUT2D eigenvalue weighted by Gasteiger charge is 2.13. The fourth-order valence-corrected chi connectivity index (χ4v) is 4.13. The number of sulfone groups is 1. The Balaban J connectivity index is 1.66. The van der Waals surface area contributed by atoms with Crippen LogP contribution in [0, 0.1) is 6.92 Å². The van der Waals surface area contributed by atoms with E-state index < -0.39 is 9.84 Å². The second-order valence-corrected chi connectivity index (χ2v) is 10.1. The number of imidazole rings is 1. The lowest BCUT2D eigenvalue weighted by Gasteiger charge is -2.16. The number of hydrogen-bond donors (Lipinski definition) is 2. The topological polar surface area (TPSA) is 106 Å². The molecule has 9 heteroatoms. The number of aromatic amines is 2. The Morgan fingerprint density at radius 1 is 0.941 bits per heavy atom. The molecule has 2 aromatic carbocycles. The quantitative estimate of drug-likeness (QED) is 0.349. The minimum Gasteiger partial charge on any atom is -0.488 e. The van der Waals surface area contributed by atoms with Gasteiger partial charge in [-0.1, -0.05) is 0 Å². The van der Waals surface area contributed by atoms with E-state index in [-0.39, 0.29) is 11.0 Å². The molecule has 0 unspecified atom stereocenters. The normalized spacial score (nSPS) is 12.5. The van der Waals surface area contributed by atoms with Crippen LogP contribution in [0.15, 0.2) is 65.7 Å². The predicted octanol–water partition coefficient (Wildman–Crippen LogP) is 4.99. The summed E-state index contributed by atoms with van der Waals surface area (Å²) >= 11 is 0. The van der Waals surface area contributed by atoms with Crippen LogP contribution in [0.25, 0.3) is 22.8 Å². The third-order valence-electron chi connectivity index (χ3n) is 5.06. The van der Waals surface area contributed by atoms with Gasteiger partial charge in [-0.15, -0.1) is 0 Å². The lowest BCUT2D eigenvalue weighted by Crippen LogP contribution is -2.17. The van der Waals surface area contributed by atoms with E-state index >= 15 is 0 Å². The van der Waals surface area contributed by atoms with Gasteiger partial charge in [0.25, 0.3) is 0 Å². The van der Waals surface area contributed by atoms with Gasteiger partial charge in [-0.25, -0.2) is 13.4 Å². The molecule has 4 aromatic rings. The maximum Gasteiger partial charge on any atom is 0.175 e. The van der Waals surface area contributed by atoms with Crippen LogP contribution < -0.4 is 9.47 Å². The Labute approximate surface area is 198 Å². The van der Waals surface area contributed by atoms with Crippen molar-refractivity contribution in [2.45, 2.75) is 24.8 Å². The average molecular weight is 482 g/mol. The summed E-state index contributed by atoms with van der Waals surface area (Å²) in [6.45, 7) is 4.32. The number of nitrogens with zero attached hydrogens (tertiary/aromatic N) is 1. The number of H-pyrrole nitrogens is 2. The molecule has 0 saturated carbocycles. The van der Waals surface area contributed by atoms with Crippen molar-refractivity contribution in [3.63, 3.8) is 0 Å². The van der Waals surface area contributed by atoms with E-state index in [0.29, 0.717) is 23.9 Å². The van der Waals surface area contributed by atoms with Crippen LogP contribution in [0.1, 0.15) is 12.6 Å². The fraction of sp³-hybridized carbons (Fsp3) is 0.240. The SMILES string of the molecule is COC[C@H](C)Oc1cc(Oc2ccc(S(C)(=O)=O)cc2)cc(-c2ccc(-c3ncc(C)[nH]3)[nH]2)c1. The lowest BCUT2D eigenvalue weighted by molar-refractivity contribution is 0.0920. The molecule has 0 fully saturated rings. The van der Waals surface area contributed by atoms with Gasteiger partial charge in [0, 0.05) is 42.6 Å². The van der Waals surface area contributed by atoms with Crippen LogP contribution in [0.4, 0.5) is 0 Å². The first-order chi connectivity index (χ1) is 16.2. The molecule has 178 valence electrons. The highest BCUT2D eigenvalue weighted by molar-refractivity contribution is 7.90. The van der Waals surface area contributed by atoms with E-state index in [1.54, 1.807) is 31.5 Å². The molecule has 0 saturated heterocycles. The highest BCUT2D eigenvalue weighted by atomic mass is 32.2. The Hall–Kier alpha value is -3.56. The molecular weight excluding hydrogens is 454 g/mol. The van der Waals surface area contributed by atoms with Gasteiger partial charge in [0.1, 0.15) is 23.4 Å². The van der Waals surface area contributed by atoms with Crippen LogP contribution in [0.5, 0.6) is 17.2 Å². The van der Waals surface area contributed by atoms with Crippen LogP contribution in [0.3, 0.4) is 0 Å². The number of nitrogens with one attached hydrogen (secondary N) is 2. The molecule has 0 radical (unpaired) electrons. The zero-order valence-electron chi connectivity index (χ0n) is 19.5. The summed E-state index contributed by atoms with van der Waals surface area (Å²) in [6.07, 6.45) is 2.79. The molecule has 2 aromatic heterocycles. The van der Waals surface area contributed by atoms with Gasteiger partial charge >= 0.3 is 0 Å². The molecular formula is C25H27N3O5S. The molecule has 0 bridgehead atoms. The maximum absolute atomic E-state index is 11.7. The summed E-state index contributed by atoms with van der Waals surface area (Å²) in [7, 11) is -1.65. The molecule has 8 nitrogen and oxygen atoms in total. The van der Waals surface area contributed by atoms with Crippen molar-refractivity contribution in [2.24, 2.45) is 0 Å². The monoisotopic (exact) mass is 481 g/mol. The third kappa shape index (κ3) is 5.67. The van der Waals surface area contributed by atoms with E-state index in [1.807, 2.05) is 38.1 Å². The minimum atomic E-state index is -3.28. The number of rotatable bonds is 9. The fourth-order valence-electron chi connectivity index (χ4n) is 3.50. The smallest absolute Gasteiger partial charge is 0.175 e. The lowest BCUT2D eigenvalue weighted by atomic mass is 10.1. The van der Waals surface area contributed by atoms with Crippen molar-refractivity contribution >= 4 is 9.84 Å². The highest BCUT2D eigenvalue weighted by Crippen LogP contribution is 2.34. The van der Waals surface area contributed by atoms with Gasteiger partial charge in [-0.3, -0.25) is 0 Å². The van der Waals surface area contributed by atoms with Crippen molar-refractivity contribution < 1.29 is 22.6 Å². The summed E-state index contributed by atoms with van der Waals surface area (Å²) in [5, 5.41) is 0.